The smallest absolute Gasteiger partial charge is 0.224 e. The highest BCUT2D eigenvalue weighted by atomic mass is 32.2. The lowest BCUT2D eigenvalue weighted by Gasteiger charge is -2.36. The Bertz CT molecular complexity index is 1270. The summed E-state index contributed by atoms with van der Waals surface area (Å²) in [5.74, 6) is 2.16. The summed E-state index contributed by atoms with van der Waals surface area (Å²) >= 11 is 1.63. The molecule has 44 heavy (non-hydrogen) atoms. The number of terminal acetylenes is 1. The van der Waals surface area contributed by atoms with Gasteiger partial charge in [0.1, 0.15) is 17.1 Å². The number of hydrogen-bond donors (Lipinski definition) is 2. The van der Waals surface area contributed by atoms with Crippen LogP contribution in [0, 0.1) is 24.2 Å². The first-order valence-electron chi connectivity index (χ1n) is 15.4. The van der Waals surface area contributed by atoms with Gasteiger partial charge in [-0.05, 0) is 70.7 Å². The van der Waals surface area contributed by atoms with Crippen molar-refractivity contribution in [3.63, 3.8) is 0 Å². The SMILES string of the molecule is C#CCCC(=O)[C@H](Cc1ccccc1)C(C)(C)NC(=O)[C@@H](CC(=O)[C@@H](N)CSC(C)(C)C)Cc1ccc(OC(C)(C)C)cc1. The molecule has 0 fully saturated rings. The zero-order chi connectivity index (χ0) is 33.1. The molecule has 0 saturated carbocycles. The number of thioether (sulfide) groups is 1. The molecule has 0 bridgehead atoms. The Labute approximate surface area is 269 Å². The Balaban J connectivity index is 2.33. The fraction of sp³-hybridized carbons (Fsp3) is 0.541. The lowest BCUT2D eigenvalue weighted by atomic mass is 9.78. The van der Waals surface area contributed by atoms with Crippen LogP contribution in [0.15, 0.2) is 54.6 Å². The summed E-state index contributed by atoms with van der Waals surface area (Å²) in [5.41, 5.74) is 6.99. The van der Waals surface area contributed by atoms with Gasteiger partial charge in [-0.2, -0.15) is 11.8 Å². The molecule has 1 amide bonds. The van der Waals surface area contributed by atoms with Crippen LogP contribution in [0.2, 0.25) is 0 Å². The zero-order valence-corrected chi connectivity index (χ0v) is 28.7. The molecule has 0 aromatic heterocycles. The molecule has 3 N–H and O–H groups in total. The van der Waals surface area contributed by atoms with E-state index in [4.69, 9.17) is 16.9 Å². The van der Waals surface area contributed by atoms with Gasteiger partial charge >= 0.3 is 0 Å². The maximum atomic E-state index is 14.0. The number of benzene rings is 2. The molecule has 0 aliphatic rings. The Kier molecular flexibility index (Phi) is 13.7. The Morgan fingerprint density at radius 1 is 0.886 bits per heavy atom. The van der Waals surface area contributed by atoms with Crippen LogP contribution in [-0.2, 0) is 27.2 Å². The van der Waals surface area contributed by atoms with Gasteiger partial charge in [-0.3, -0.25) is 14.4 Å². The highest BCUT2D eigenvalue weighted by Crippen LogP contribution is 2.28. The summed E-state index contributed by atoms with van der Waals surface area (Å²) in [6, 6.07) is 16.7. The van der Waals surface area contributed by atoms with Gasteiger partial charge in [0.05, 0.1) is 6.04 Å². The number of amides is 1. The molecule has 3 atom stereocenters. The molecule has 7 heteroatoms. The molecule has 0 heterocycles. The van der Waals surface area contributed by atoms with Gasteiger partial charge in [-0.25, -0.2) is 0 Å². The molecule has 0 aliphatic carbocycles. The first kappa shape index (κ1) is 37.1. The first-order valence-corrected chi connectivity index (χ1v) is 16.4. The summed E-state index contributed by atoms with van der Waals surface area (Å²) in [5, 5.41) is 3.16. The Morgan fingerprint density at radius 2 is 1.48 bits per heavy atom. The van der Waals surface area contributed by atoms with E-state index in [2.05, 4.69) is 32.0 Å². The van der Waals surface area contributed by atoms with Gasteiger partial charge in [0.15, 0.2) is 5.78 Å². The number of hydrogen-bond acceptors (Lipinski definition) is 6. The van der Waals surface area contributed by atoms with Crippen LogP contribution in [0.25, 0.3) is 0 Å². The van der Waals surface area contributed by atoms with Crippen molar-refractivity contribution in [1.29, 1.82) is 0 Å². The minimum atomic E-state index is -0.894. The van der Waals surface area contributed by atoms with Crippen molar-refractivity contribution in [2.45, 2.75) is 109 Å². The molecule has 0 radical (unpaired) electrons. The van der Waals surface area contributed by atoms with E-state index in [9.17, 15) is 14.4 Å². The highest BCUT2D eigenvalue weighted by Gasteiger charge is 2.38. The van der Waals surface area contributed by atoms with E-state index in [1.165, 1.54) is 0 Å². The lowest BCUT2D eigenvalue weighted by Crippen LogP contribution is -2.54. The number of rotatable bonds is 16. The number of Topliss-reactive ketones (excluding diaryl/α,β-unsaturated/α-hetero) is 2. The third kappa shape index (κ3) is 13.3. The topological polar surface area (TPSA) is 98.5 Å². The third-order valence-corrected chi connectivity index (χ3v) is 8.65. The van der Waals surface area contributed by atoms with Gasteiger partial charge < -0.3 is 15.8 Å². The largest absolute Gasteiger partial charge is 0.488 e. The van der Waals surface area contributed by atoms with Crippen LogP contribution < -0.4 is 15.8 Å². The average molecular weight is 621 g/mol. The van der Waals surface area contributed by atoms with Crippen molar-refractivity contribution < 1.29 is 19.1 Å². The maximum absolute atomic E-state index is 14.0. The van der Waals surface area contributed by atoms with Crippen molar-refractivity contribution in [2.75, 3.05) is 5.75 Å². The van der Waals surface area contributed by atoms with Gasteiger partial charge in [-0.15, -0.1) is 12.3 Å². The van der Waals surface area contributed by atoms with Gasteiger partial charge in [0.2, 0.25) is 5.91 Å². The molecule has 2 aromatic carbocycles. The lowest BCUT2D eigenvalue weighted by molar-refractivity contribution is -0.133. The fourth-order valence-electron chi connectivity index (χ4n) is 4.91. The summed E-state index contributed by atoms with van der Waals surface area (Å²) in [4.78, 5) is 40.8. The summed E-state index contributed by atoms with van der Waals surface area (Å²) in [6.45, 7) is 15.9. The zero-order valence-electron chi connectivity index (χ0n) is 27.9. The molecule has 0 unspecified atom stereocenters. The van der Waals surface area contributed by atoms with E-state index in [0.717, 1.165) is 16.9 Å². The second-order valence-electron chi connectivity index (χ2n) is 14.1. The number of nitrogens with two attached hydrogens (primary N) is 1. The predicted octanol–water partition coefficient (Wildman–Crippen LogP) is 6.58. The molecule has 2 rings (SSSR count). The van der Waals surface area contributed by atoms with Crippen molar-refractivity contribution in [2.24, 2.45) is 17.6 Å². The van der Waals surface area contributed by atoms with Crippen LogP contribution in [0.5, 0.6) is 5.75 Å². The van der Waals surface area contributed by atoms with Crippen molar-refractivity contribution in [1.82, 2.24) is 5.32 Å². The van der Waals surface area contributed by atoms with Crippen LogP contribution >= 0.6 is 11.8 Å². The standard InChI is InChI=1S/C37H52N2O4S/c1-10-11-17-32(40)30(23-26-15-13-12-14-16-26)37(8,9)39-34(42)28(24-33(41)31(38)25-44-36(5,6)7)22-27-18-20-29(21-19-27)43-35(2,3)4/h1,12-16,18-21,28,30-31H,11,17,22-25,38H2,2-9H3,(H,39,42)/t28-,30+,31+/m1/s1. The quantitative estimate of drug-likeness (QED) is 0.206. The van der Waals surface area contributed by atoms with Crippen LogP contribution in [0.4, 0.5) is 0 Å². The number of ether oxygens (including phenoxy) is 1. The summed E-state index contributed by atoms with van der Waals surface area (Å²) in [6.07, 6.45) is 6.85. The summed E-state index contributed by atoms with van der Waals surface area (Å²) in [7, 11) is 0. The monoisotopic (exact) mass is 620 g/mol. The van der Waals surface area contributed by atoms with Crippen LogP contribution in [-0.4, -0.2) is 45.2 Å². The molecule has 240 valence electrons. The van der Waals surface area contributed by atoms with E-state index < -0.39 is 23.4 Å². The highest BCUT2D eigenvalue weighted by molar-refractivity contribution is 8.00. The molecular weight excluding hydrogens is 568 g/mol. The minimum absolute atomic E-state index is 0.000365. The molecule has 2 aromatic rings. The number of carbonyl (C=O) groups excluding carboxylic acids is 3. The van der Waals surface area contributed by atoms with E-state index >= 15 is 0 Å². The Hall–Kier alpha value is -3.08. The van der Waals surface area contributed by atoms with Crippen molar-refractivity contribution in [3.05, 3.63) is 65.7 Å². The molecule has 6 nitrogen and oxygen atoms in total. The van der Waals surface area contributed by atoms with E-state index in [0.29, 0.717) is 25.0 Å². The van der Waals surface area contributed by atoms with Crippen LogP contribution in [0.3, 0.4) is 0 Å². The van der Waals surface area contributed by atoms with E-state index in [-0.39, 0.29) is 40.7 Å². The maximum Gasteiger partial charge on any atom is 0.224 e. The number of ketones is 2. The molecular formula is C37H52N2O4S. The van der Waals surface area contributed by atoms with Gasteiger partial charge in [0, 0.05) is 47.1 Å². The third-order valence-electron chi connectivity index (χ3n) is 7.26. The van der Waals surface area contributed by atoms with E-state index in [1.54, 1.807) is 11.8 Å². The van der Waals surface area contributed by atoms with Crippen LogP contribution in [0.1, 0.15) is 85.8 Å². The molecule has 0 spiro atoms. The predicted molar refractivity (Wildman–Crippen MR) is 183 cm³/mol. The fourth-order valence-corrected chi connectivity index (χ4v) is 5.78. The van der Waals surface area contributed by atoms with Crippen molar-refractivity contribution >= 4 is 29.2 Å². The van der Waals surface area contributed by atoms with Gasteiger partial charge in [0.25, 0.3) is 0 Å². The second kappa shape index (κ2) is 16.3. The summed E-state index contributed by atoms with van der Waals surface area (Å²) < 4.78 is 5.92. The minimum Gasteiger partial charge on any atom is -0.488 e. The van der Waals surface area contributed by atoms with Crippen molar-refractivity contribution in [3.8, 4) is 18.1 Å². The Morgan fingerprint density at radius 3 is 2.02 bits per heavy atom. The molecule has 0 saturated heterocycles. The van der Waals surface area contributed by atoms with Gasteiger partial charge in [-0.1, -0.05) is 63.2 Å². The average Bonchev–Trinajstić information content (AvgIpc) is 2.92. The number of carbonyl (C=O) groups is 3. The number of nitrogens with one attached hydrogen (secondary N) is 1. The van der Waals surface area contributed by atoms with E-state index in [1.807, 2.05) is 89.2 Å². The second-order valence-corrected chi connectivity index (χ2v) is 15.9. The normalized spacial score (nSPS) is 14.2. The molecule has 0 aliphatic heterocycles. The first-order chi connectivity index (χ1) is 20.4.